The molecule has 0 aromatic heterocycles. The van der Waals surface area contributed by atoms with Crippen molar-refractivity contribution in [1.29, 1.82) is 0 Å². The number of benzene rings is 1. The third kappa shape index (κ3) is 1.38. The second-order valence-corrected chi connectivity index (χ2v) is 6.35. The van der Waals surface area contributed by atoms with E-state index in [1.54, 1.807) is 7.11 Å². The smallest absolute Gasteiger partial charge is 0.233 e. The lowest BCUT2D eigenvalue weighted by molar-refractivity contribution is -0.135. The highest BCUT2D eigenvalue weighted by atomic mass is 16.5. The molecule has 1 heterocycles. The predicted octanol–water partition coefficient (Wildman–Crippen LogP) is 2.51. The van der Waals surface area contributed by atoms with Crippen molar-refractivity contribution in [3.63, 3.8) is 0 Å². The van der Waals surface area contributed by atoms with Crippen molar-refractivity contribution in [2.24, 2.45) is 5.41 Å². The number of likely N-dealkylation sites (N-methyl/N-ethyl adjacent to an activating group) is 1. The minimum Gasteiger partial charge on any atom is -0.497 e. The van der Waals surface area contributed by atoms with Crippen LogP contribution in [0.2, 0.25) is 0 Å². The van der Waals surface area contributed by atoms with Crippen LogP contribution in [0, 0.1) is 5.41 Å². The Kier molecular flexibility index (Phi) is 2.33. The van der Waals surface area contributed by atoms with E-state index >= 15 is 0 Å². The molecule has 2 aliphatic carbocycles. The van der Waals surface area contributed by atoms with E-state index in [1.807, 2.05) is 18.0 Å². The Morgan fingerprint density at radius 1 is 1.40 bits per heavy atom. The van der Waals surface area contributed by atoms with E-state index < -0.39 is 0 Å². The molecule has 0 saturated carbocycles. The van der Waals surface area contributed by atoms with Crippen molar-refractivity contribution < 1.29 is 9.53 Å². The third-order valence-corrected chi connectivity index (χ3v) is 5.31. The zero-order valence-electron chi connectivity index (χ0n) is 12.0. The summed E-state index contributed by atoms with van der Waals surface area (Å²) in [5, 5.41) is 0. The average molecular weight is 269 g/mol. The lowest BCUT2D eigenvalue weighted by Gasteiger charge is -2.41. The maximum absolute atomic E-state index is 12.7. The summed E-state index contributed by atoms with van der Waals surface area (Å²) in [5.41, 5.74) is 3.82. The van der Waals surface area contributed by atoms with E-state index in [1.165, 1.54) is 16.7 Å². The van der Waals surface area contributed by atoms with Gasteiger partial charge in [0.25, 0.3) is 0 Å². The number of methoxy groups -OCH3 is 1. The van der Waals surface area contributed by atoms with E-state index in [4.69, 9.17) is 4.74 Å². The van der Waals surface area contributed by atoms with Crippen molar-refractivity contribution in [2.75, 3.05) is 20.7 Å². The molecule has 0 unspecified atom stereocenters. The second kappa shape index (κ2) is 3.87. The van der Waals surface area contributed by atoms with Gasteiger partial charge >= 0.3 is 0 Å². The average Bonchev–Trinajstić information content (AvgIpc) is 2.70. The Hall–Kier alpha value is -1.77. The maximum Gasteiger partial charge on any atom is 0.233 e. The third-order valence-electron chi connectivity index (χ3n) is 5.31. The normalized spacial score (nSPS) is 30.7. The summed E-state index contributed by atoms with van der Waals surface area (Å²) in [7, 11) is 3.63. The fraction of sp³-hybridized carbons (Fsp3) is 0.471. The first-order valence-corrected chi connectivity index (χ1v) is 7.26. The molecule has 104 valence electrons. The Labute approximate surface area is 119 Å². The number of fused-ring (bicyclic) bond motifs is 3. The van der Waals surface area contributed by atoms with Crippen LogP contribution in [-0.2, 0) is 11.2 Å². The zero-order chi connectivity index (χ0) is 13.9. The van der Waals surface area contributed by atoms with E-state index in [-0.39, 0.29) is 5.41 Å². The summed E-state index contributed by atoms with van der Waals surface area (Å²) in [6.07, 6.45) is 5.20. The highest BCUT2D eigenvalue weighted by Crippen LogP contribution is 2.55. The van der Waals surface area contributed by atoms with E-state index in [0.717, 1.165) is 31.6 Å². The molecule has 2 bridgehead atoms. The SMILES string of the molecule is COc1ccc2c(c1)[C@H]1CC=C3CN(C)C(=O)[C@]3(C2)C1. The van der Waals surface area contributed by atoms with E-state index in [2.05, 4.69) is 18.2 Å². The van der Waals surface area contributed by atoms with E-state index in [9.17, 15) is 4.79 Å². The summed E-state index contributed by atoms with van der Waals surface area (Å²) < 4.78 is 5.35. The number of nitrogens with zero attached hydrogens (tertiary/aromatic N) is 1. The number of carbonyl (C=O) groups excluding carboxylic acids is 1. The second-order valence-electron chi connectivity index (χ2n) is 6.35. The van der Waals surface area contributed by atoms with Crippen molar-refractivity contribution in [3.05, 3.63) is 41.0 Å². The maximum atomic E-state index is 12.7. The zero-order valence-corrected chi connectivity index (χ0v) is 12.0. The molecule has 1 aliphatic heterocycles. The number of amides is 1. The molecule has 4 rings (SSSR count). The largest absolute Gasteiger partial charge is 0.497 e. The predicted molar refractivity (Wildman–Crippen MR) is 76.8 cm³/mol. The van der Waals surface area contributed by atoms with Crippen LogP contribution in [0.5, 0.6) is 5.75 Å². The monoisotopic (exact) mass is 269 g/mol. The lowest BCUT2D eigenvalue weighted by atomic mass is 9.60. The number of hydrogen-bond acceptors (Lipinski definition) is 2. The molecule has 1 aromatic rings. The fourth-order valence-electron chi connectivity index (χ4n) is 4.31. The van der Waals surface area contributed by atoms with Crippen LogP contribution in [0.1, 0.15) is 29.9 Å². The highest BCUT2D eigenvalue weighted by molar-refractivity contribution is 5.90. The summed E-state index contributed by atoms with van der Waals surface area (Å²) in [5.74, 6) is 1.70. The number of hydrogen-bond donors (Lipinski definition) is 0. The van der Waals surface area contributed by atoms with Gasteiger partial charge in [0.05, 0.1) is 12.5 Å². The Balaban J connectivity index is 1.84. The van der Waals surface area contributed by atoms with Crippen LogP contribution >= 0.6 is 0 Å². The molecule has 3 aliphatic rings. The van der Waals surface area contributed by atoms with Crippen molar-refractivity contribution in [2.45, 2.75) is 25.2 Å². The standard InChI is InChI=1S/C17H19NO2/c1-18-10-13-5-3-11-8-17(13,16(18)19)9-12-4-6-14(20-2)7-15(11)12/h4-7,11H,3,8-10H2,1-2H3/t11-,17-/m0/s1. The molecule has 0 radical (unpaired) electrons. The molecule has 1 saturated heterocycles. The number of rotatable bonds is 1. The summed E-state index contributed by atoms with van der Waals surface area (Å²) in [6, 6.07) is 6.33. The Bertz CT molecular complexity index is 634. The highest BCUT2D eigenvalue weighted by Gasteiger charge is 2.54. The summed E-state index contributed by atoms with van der Waals surface area (Å²) in [6.45, 7) is 0.817. The molecule has 1 amide bonds. The van der Waals surface area contributed by atoms with Gasteiger partial charge in [-0.05, 0) is 54.0 Å². The molecule has 3 heteroatoms. The van der Waals surface area contributed by atoms with Crippen LogP contribution in [0.25, 0.3) is 0 Å². The molecule has 20 heavy (non-hydrogen) atoms. The first-order valence-electron chi connectivity index (χ1n) is 7.26. The molecule has 1 aromatic carbocycles. The van der Waals surface area contributed by atoms with Gasteiger partial charge in [-0.1, -0.05) is 12.1 Å². The van der Waals surface area contributed by atoms with Gasteiger partial charge in [-0.2, -0.15) is 0 Å². The van der Waals surface area contributed by atoms with Crippen LogP contribution in [0.3, 0.4) is 0 Å². The summed E-state index contributed by atoms with van der Waals surface area (Å²) in [4.78, 5) is 14.6. The molecular weight excluding hydrogens is 250 g/mol. The minimum atomic E-state index is -0.237. The number of allylic oxidation sites excluding steroid dienone is 1. The number of likely N-dealkylation sites (tertiary alicyclic amines) is 1. The first-order chi connectivity index (χ1) is 9.64. The van der Waals surface area contributed by atoms with Gasteiger partial charge in [-0.25, -0.2) is 0 Å². The molecule has 0 N–H and O–H groups in total. The van der Waals surface area contributed by atoms with Gasteiger partial charge < -0.3 is 9.64 Å². The van der Waals surface area contributed by atoms with Gasteiger partial charge in [0.15, 0.2) is 0 Å². The van der Waals surface area contributed by atoms with Crippen molar-refractivity contribution in [1.82, 2.24) is 4.90 Å². The minimum absolute atomic E-state index is 0.237. The van der Waals surface area contributed by atoms with Crippen molar-refractivity contribution in [3.8, 4) is 5.75 Å². The van der Waals surface area contributed by atoms with Crippen molar-refractivity contribution >= 4 is 5.91 Å². The van der Waals surface area contributed by atoms with E-state index in [0.29, 0.717) is 11.8 Å². The summed E-state index contributed by atoms with van der Waals surface area (Å²) >= 11 is 0. The van der Waals surface area contributed by atoms with Crippen LogP contribution in [0.15, 0.2) is 29.8 Å². The topological polar surface area (TPSA) is 29.5 Å². The number of carbonyl (C=O) groups is 1. The Morgan fingerprint density at radius 2 is 2.25 bits per heavy atom. The van der Waals surface area contributed by atoms with Gasteiger partial charge in [-0.3, -0.25) is 4.79 Å². The first kappa shape index (κ1) is 12.0. The molecule has 1 spiro atoms. The molecule has 1 fully saturated rings. The quantitative estimate of drug-likeness (QED) is 0.733. The van der Waals surface area contributed by atoms with Crippen LogP contribution < -0.4 is 4.74 Å². The lowest BCUT2D eigenvalue weighted by Crippen LogP contribution is -2.40. The fourth-order valence-corrected chi connectivity index (χ4v) is 4.31. The number of ether oxygens (including phenoxy) is 1. The molecule has 3 nitrogen and oxygen atoms in total. The Morgan fingerprint density at radius 3 is 3.05 bits per heavy atom. The van der Waals surface area contributed by atoms with Gasteiger partial charge in [0.2, 0.25) is 5.91 Å². The molecular formula is C17H19NO2. The van der Waals surface area contributed by atoms with Gasteiger partial charge in [0, 0.05) is 13.6 Å². The van der Waals surface area contributed by atoms with Crippen LogP contribution in [-0.4, -0.2) is 31.5 Å². The van der Waals surface area contributed by atoms with Crippen LogP contribution in [0.4, 0.5) is 0 Å². The molecule has 2 atom stereocenters. The van der Waals surface area contributed by atoms with Gasteiger partial charge in [0.1, 0.15) is 5.75 Å². The van der Waals surface area contributed by atoms with Gasteiger partial charge in [-0.15, -0.1) is 0 Å².